The van der Waals surface area contributed by atoms with Crippen LogP contribution in [0.1, 0.15) is 12.5 Å². The molecule has 1 unspecified atom stereocenters. The van der Waals surface area contributed by atoms with Gasteiger partial charge in [-0.15, -0.1) is 0 Å². The van der Waals surface area contributed by atoms with Crippen LogP contribution in [0.4, 0.5) is 0 Å². The van der Waals surface area contributed by atoms with Gasteiger partial charge in [0.1, 0.15) is 0 Å². The normalized spacial score (nSPS) is 14.6. The van der Waals surface area contributed by atoms with Crippen LogP contribution in [0.5, 0.6) is 0 Å². The van der Waals surface area contributed by atoms with Crippen molar-refractivity contribution in [2.75, 3.05) is 13.7 Å². The van der Waals surface area contributed by atoms with Crippen molar-refractivity contribution in [2.24, 2.45) is 0 Å². The van der Waals surface area contributed by atoms with Crippen LogP contribution in [0, 0.1) is 6.92 Å². The van der Waals surface area contributed by atoms with Crippen molar-refractivity contribution < 1.29 is 14.6 Å². The maximum absolute atomic E-state index is 11.5. The summed E-state index contributed by atoms with van der Waals surface area (Å²) in [5, 5.41) is 10.5. The number of carboxylic acids is 1. The van der Waals surface area contributed by atoms with E-state index in [1.165, 1.54) is 7.11 Å². The second-order valence-corrected chi connectivity index (χ2v) is 4.76. The maximum Gasteiger partial charge on any atom is 0.332 e. The summed E-state index contributed by atoms with van der Waals surface area (Å²) < 4.78 is 6.83. The van der Waals surface area contributed by atoms with Crippen LogP contribution in [0.15, 0.2) is 30.5 Å². The molecule has 0 radical (unpaired) electrons. The van der Waals surface area contributed by atoms with Crippen molar-refractivity contribution in [3.05, 3.63) is 36.0 Å². The van der Waals surface area contributed by atoms with E-state index in [1.807, 2.05) is 31.2 Å². The molecule has 0 fully saturated rings. The Bertz CT molecular complexity index is 588. The molecule has 0 aliphatic heterocycles. The van der Waals surface area contributed by atoms with Gasteiger partial charge in [0.05, 0.1) is 6.61 Å². The van der Waals surface area contributed by atoms with Gasteiger partial charge in [-0.1, -0.05) is 12.1 Å². The van der Waals surface area contributed by atoms with Crippen molar-refractivity contribution in [3.63, 3.8) is 0 Å². The van der Waals surface area contributed by atoms with Gasteiger partial charge in [0.25, 0.3) is 0 Å². The molecule has 4 nitrogen and oxygen atoms in total. The summed E-state index contributed by atoms with van der Waals surface area (Å²) in [6, 6.07) is 7.93. The molecule has 1 heterocycles. The largest absolute Gasteiger partial charge is 0.479 e. The Labute approximate surface area is 106 Å². The number of hydrogen-bond donors (Lipinski definition) is 1. The first-order chi connectivity index (χ1) is 8.49. The lowest BCUT2D eigenvalue weighted by atomic mass is 10.0. The van der Waals surface area contributed by atoms with Crippen LogP contribution in [0.25, 0.3) is 10.9 Å². The molecule has 4 heteroatoms. The van der Waals surface area contributed by atoms with Gasteiger partial charge in [-0.3, -0.25) is 0 Å². The van der Waals surface area contributed by atoms with Gasteiger partial charge in [0.2, 0.25) is 0 Å². The molecular formula is C14H17NO3. The average Bonchev–Trinajstić information content (AvgIpc) is 2.72. The fourth-order valence-corrected chi connectivity index (χ4v) is 2.18. The van der Waals surface area contributed by atoms with Crippen LogP contribution in [-0.4, -0.2) is 29.4 Å². The summed E-state index contributed by atoms with van der Waals surface area (Å²) in [6.45, 7) is 3.78. The SMILES string of the molecule is COCC(C)(C(=O)O)n1ccc2ccc(C)cc21. The summed E-state index contributed by atoms with van der Waals surface area (Å²) in [5.41, 5.74) is 0.925. The van der Waals surface area contributed by atoms with E-state index < -0.39 is 11.5 Å². The minimum Gasteiger partial charge on any atom is -0.479 e. The van der Waals surface area contributed by atoms with Gasteiger partial charge in [0, 0.05) is 18.8 Å². The Balaban J connectivity index is 2.64. The van der Waals surface area contributed by atoms with Crippen LogP contribution >= 0.6 is 0 Å². The number of fused-ring (bicyclic) bond motifs is 1. The number of aliphatic carboxylic acids is 1. The summed E-state index contributed by atoms with van der Waals surface area (Å²) >= 11 is 0. The molecule has 0 spiro atoms. The van der Waals surface area contributed by atoms with E-state index in [1.54, 1.807) is 17.7 Å². The fraction of sp³-hybridized carbons (Fsp3) is 0.357. The number of rotatable bonds is 4. The molecule has 1 atom stereocenters. The van der Waals surface area contributed by atoms with Gasteiger partial charge >= 0.3 is 5.97 Å². The molecule has 1 N–H and O–H groups in total. The highest BCUT2D eigenvalue weighted by Crippen LogP contribution is 2.26. The average molecular weight is 247 g/mol. The van der Waals surface area contributed by atoms with Crippen molar-refractivity contribution >= 4 is 16.9 Å². The summed E-state index contributed by atoms with van der Waals surface area (Å²) in [5.74, 6) is -0.900. The molecule has 1 aromatic carbocycles. The summed E-state index contributed by atoms with van der Waals surface area (Å²) in [4.78, 5) is 11.5. The van der Waals surface area contributed by atoms with E-state index >= 15 is 0 Å². The van der Waals surface area contributed by atoms with Crippen molar-refractivity contribution in [2.45, 2.75) is 19.4 Å². The van der Waals surface area contributed by atoms with E-state index in [4.69, 9.17) is 4.74 Å². The van der Waals surface area contributed by atoms with Crippen molar-refractivity contribution in [1.82, 2.24) is 4.57 Å². The molecule has 0 amide bonds. The molecule has 0 saturated carbocycles. The minimum atomic E-state index is -1.09. The Hall–Kier alpha value is -1.81. The van der Waals surface area contributed by atoms with E-state index in [0.717, 1.165) is 16.5 Å². The molecule has 1 aromatic heterocycles. The zero-order chi connectivity index (χ0) is 13.3. The third-order valence-corrected chi connectivity index (χ3v) is 3.27. The zero-order valence-electron chi connectivity index (χ0n) is 10.8. The molecular weight excluding hydrogens is 230 g/mol. The lowest BCUT2D eigenvalue weighted by molar-refractivity contribution is -0.149. The first kappa shape index (κ1) is 12.6. The van der Waals surface area contributed by atoms with Gasteiger partial charge in [0.15, 0.2) is 5.54 Å². The van der Waals surface area contributed by atoms with Crippen molar-refractivity contribution in [1.29, 1.82) is 0 Å². The summed E-state index contributed by atoms with van der Waals surface area (Å²) in [7, 11) is 1.51. The number of ether oxygens (including phenoxy) is 1. The monoisotopic (exact) mass is 247 g/mol. The first-order valence-corrected chi connectivity index (χ1v) is 5.79. The van der Waals surface area contributed by atoms with E-state index in [2.05, 4.69) is 0 Å². The number of carbonyl (C=O) groups is 1. The second-order valence-electron chi connectivity index (χ2n) is 4.76. The highest BCUT2D eigenvalue weighted by molar-refractivity contribution is 5.85. The molecule has 18 heavy (non-hydrogen) atoms. The topological polar surface area (TPSA) is 51.5 Å². The predicted molar refractivity (Wildman–Crippen MR) is 69.8 cm³/mol. The number of benzene rings is 1. The fourth-order valence-electron chi connectivity index (χ4n) is 2.18. The quantitative estimate of drug-likeness (QED) is 0.902. The van der Waals surface area contributed by atoms with Gasteiger partial charge in [-0.25, -0.2) is 4.79 Å². The Morgan fingerprint density at radius 3 is 2.78 bits per heavy atom. The standard InChI is InChI=1S/C14H17NO3/c1-10-4-5-11-6-7-15(12(11)8-10)14(2,9-18-3)13(16)17/h4-8H,9H2,1-3H3,(H,16,17). The third kappa shape index (κ3) is 1.88. The molecule has 0 bridgehead atoms. The van der Waals surface area contributed by atoms with Gasteiger partial charge in [-0.2, -0.15) is 0 Å². The van der Waals surface area contributed by atoms with Gasteiger partial charge in [-0.05, 0) is 36.9 Å². The van der Waals surface area contributed by atoms with Crippen LogP contribution in [0.3, 0.4) is 0 Å². The molecule has 0 saturated heterocycles. The highest BCUT2D eigenvalue weighted by atomic mass is 16.5. The van der Waals surface area contributed by atoms with Crippen LogP contribution in [-0.2, 0) is 15.1 Å². The molecule has 0 aliphatic rings. The van der Waals surface area contributed by atoms with E-state index in [-0.39, 0.29) is 6.61 Å². The summed E-state index contributed by atoms with van der Waals surface area (Å²) in [6.07, 6.45) is 1.80. The number of hydrogen-bond acceptors (Lipinski definition) is 2. The molecule has 2 rings (SSSR count). The van der Waals surface area contributed by atoms with E-state index in [0.29, 0.717) is 0 Å². The highest BCUT2D eigenvalue weighted by Gasteiger charge is 2.35. The Morgan fingerprint density at radius 2 is 2.17 bits per heavy atom. The smallest absolute Gasteiger partial charge is 0.332 e. The van der Waals surface area contributed by atoms with E-state index in [9.17, 15) is 9.90 Å². The van der Waals surface area contributed by atoms with Gasteiger partial charge < -0.3 is 14.4 Å². The minimum absolute atomic E-state index is 0.125. The Kier molecular flexibility index (Phi) is 3.13. The molecule has 2 aromatic rings. The maximum atomic E-state index is 11.5. The zero-order valence-corrected chi connectivity index (χ0v) is 10.8. The number of methoxy groups -OCH3 is 1. The molecule has 96 valence electrons. The Morgan fingerprint density at radius 1 is 1.44 bits per heavy atom. The first-order valence-electron chi connectivity index (χ1n) is 5.79. The van der Waals surface area contributed by atoms with Crippen LogP contribution in [0.2, 0.25) is 0 Å². The predicted octanol–water partition coefficient (Wildman–Crippen LogP) is 2.40. The van der Waals surface area contributed by atoms with Crippen molar-refractivity contribution in [3.8, 4) is 0 Å². The third-order valence-electron chi connectivity index (χ3n) is 3.27. The second kappa shape index (κ2) is 4.46. The number of carboxylic acid groups (broad SMARTS) is 1. The van der Waals surface area contributed by atoms with Crippen LogP contribution < -0.4 is 0 Å². The number of nitrogens with zero attached hydrogens (tertiary/aromatic N) is 1. The molecule has 0 aliphatic carbocycles. The lowest BCUT2D eigenvalue weighted by Gasteiger charge is -2.27. The number of aryl methyl sites for hydroxylation is 1. The lowest BCUT2D eigenvalue weighted by Crippen LogP contribution is -2.42. The number of aromatic nitrogens is 1.